The zero-order valence-corrected chi connectivity index (χ0v) is 12.7. The average Bonchev–Trinajstić information content (AvgIpc) is 2.48. The summed E-state index contributed by atoms with van der Waals surface area (Å²) in [6.45, 7) is 0. The molecule has 1 amide bonds. The molecule has 0 fully saturated rings. The molecule has 0 bridgehead atoms. The first kappa shape index (κ1) is 13.4. The molecule has 0 saturated carbocycles. The van der Waals surface area contributed by atoms with Crippen molar-refractivity contribution < 1.29 is 4.79 Å². The van der Waals surface area contributed by atoms with Crippen molar-refractivity contribution in [3.8, 4) is 0 Å². The molecule has 0 unspecified atom stereocenters. The molecular formula is C17H16BrNO. The van der Waals surface area contributed by atoms with Gasteiger partial charge in [-0.15, -0.1) is 0 Å². The monoisotopic (exact) mass is 329 g/mol. The van der Waals surface area contributed by atoms with Gasteiger partial charge in [0, 0.05) is 16.1 Å². The molecule has 0 radical (unpaired) electrons. The van der Waals surface area contributed by atoms with Gasteiger partial charge in [-0.2, -0.15) is 0 Å². The van der Waals surface area contributed by atoms with E-state index in [0.29, 0.717) is 0 Å². The lowest BCUT2D eigenvalue weighted by molar-refractivity contribution is 0.0933. The van der Waals surface area contributed by atoms with Gasteiger partial charge in [0.15, 0.2) is 0 Å². The average molecular weight is 330 g/mol. The van der Waals surface area contributed by atoms with Gasteiger partial charge in [-0.05, 0) is 54.7 Å². The largest absolute Gasteiger partial charge is 0.349 e. The fourth-order valence-corrected chi connectivity index (χ4v) is 3.11. The van der Waals surface area contributed by atoms with Crippen molar-refractivity contribution in [1.29, 1.82) is 0 Å². The molecule has 3 heteroatoms. The number of rotatable bonds is 2. The zero-order chi connectivity index (χ0) is 13.9. The Labute approximate surface area is 127 Å². The quantitative estimate of drug-likeness (QED) is 0.893. The normalized spacial score (nSPS) is 17.4. The van der Waals surface area contributed by atoms with Gasteiger partial charge in [0.2, 0.25) is 0 Å². The number of benzene rings is 2. The topological polar surface area (TPSA) is 29.1 Å². The van der Waals surface area contributed by atoms with Crippen LogP contribution < -0.4 is 5.32 Å². The van der Waals surface area contributed by atoms with Crippen molar-refractivity contribution in [2.75, 3.05) is 0 Å². The molecule has 102 valence electrons. The first-order chi connectivity index (χ1) is 9.72. The highest BCUT2D eigenvalue weighted by Crippen LogP contribution is 2.25. The lowest BCUT2D eigenvalue weighted by atomic mass is 9.88. The number of fused-ring (bicyclic) bond motifs is 1. The summed E-state index contributed by atoms with van der Waals surface area (Å²) in [6.07, 6.45) is 2.94. The van der Waals surface area contributed by atoms with Crippen molar-refractivity contribution in [3.63, 3.8) is 0 Å². The predicted molar refractivity (Wildman–Crippen MR) is 83.9 cm³/mol. The van der Waals surface area contributed by atoms with E-state index in [-0.39, 0.29) is 11.9 Å². The molecule has 2 nitrogen and oxygen atoms in total. The van der Waals surface area contributed by atoms with Gasteiger partial charge in [0.05, 0.1) is 0 Å². The Morgan fingerprint density at radius 1 is 1.10 bits per heavy atom. The summed E-state index contributed by atoms with van der Waals surface area (Å²) in [4.78, 5) is 12.2. The van der Waals surface area contributed by atoms with Crippen LogP contribution in [0.25, 0.3) is 0 Å². The van der Waals surface area contributed by atoms with Gasteiger partial charge in [-0.1, -0.05) is 40.2 Å². The second kappa shape index (κ2) is 5.80. The minimum Gasteiger partial charge on any atom is -0.349 e. The van der Waals surface area contributed by atoms with E-state index in [0.717, 1.165) is 29.3 Å². The van der Waals surface area contributed by atoms with Gasteiger partial charge in [0.25, 0.3) is 5.91 Å². The highest BCUT2D eigenvalue weighted by atomic mass is 79.9. The Kier molecular flexibility index (Phi) is 3.88. The molecule has 1 atom stereocenters. The van der Waals surface area contributed by atoms with Crippen LogP contribution in [-0.4, -0.2) is 11.9 Å². The third-order valence-corrected chi connectivity index (χ3v) is 4.26. The number of aryl methyl sites for hydroxylation is 1. The van der Waals surface area contributed by atoms with E-state index in [2.05, 4.69) is 39.4 Å². The standard InChI is InChI=1S/C17H16BrNO/c18-15-8-6-14-11-16(9-7-13(14)10-15)19-17(20)12-4-2-1-3-5-12/h1-6,8,10,16H,7,9,11H2,(H,19,20)/t16-/m1/s1. The second-order valence-corrected chi connectivity index (χ2v) is 6.11. The van der Waals surface area contributed by atoms with E-state index in [1.54, 1.807) is 0 Å². The maximum Gasteiger partial charge on any atom is 0.251 e. The third kappa shape index (κ3) is 2.93. The van der Waals surface area contributed by atoms with Crippen LogP contribution in [0.3, 0.4) is 0 Å². The number of nitrogens with one attached hydrogen (secondary N) is 1. The van der Waals surface area contributed by atoms with Crippen LogP contribution in [0.2, 0.25) is 0 Å². The Hall–Kier alpha value is -1.61. The Morgan fingerprint density at radius 2 is 1.90 bits per heavy atom. The Bertz CT molecular complexity index is 624. The van der Waals surface area contributed by atoms with E-state index in [1.165, 1.54) is 11.1 Å². The molecule has 2 aromatic carbocycles. The van der Waals surface area contributed by atoms with Crippen molar-refractivity contribution >= 4 is 21.8 Å². The molecule has 1 N–H and O–H groups in total. The van der Waals surface area contributed by atoms with Gasteiger partial charge < -0.3 is 5.32 Å². The lowest BCUT2D eigenvalue weighted by Crippen LogP contribution is -2.38. The Balaban J connectivity index is 1.69. The summed E-state index contributed by atoms with van der Waals surface area (Å²) in [7, 11) is 0. The third-order valence-electron chi connectivity index (χ3n) is 3.77. The number of halogens is 1. The van der Waals surface area contributed by atoms with E-state index in [9.17, 15) is 4.79 Å². The second-order valence-electron chi connectivity index (χ2n) is 5.19. The highest BCUT2D eigenvalue weighted by Gasteiger charge is 2.20. The number of carbonyl (C=O) groups excluding carboxylic acids is 1. The van der Waals surface area contributed by atoms with E-state index >= 15 is 0 Å². The van der Waals surface area contributed by atoms with Gasteiger partial charge in [0.1, 0.15) is 0 Å². The number of amides is 1. The fourth-order valence-electron chi connectivity index (χ4n) is 2.71. The van der Waals surface area contributed by atoms with Crippen LogP contribution in [0, 0.1) is 0 Å². The number of carbonyl (C=O) groups is 1. The molecule has 0 aliphatic heterocycles. The van der Waals surface area contributed by atoms with Gasteiger partial charge in [-0.3, -0.25) is 4.79 Å². The first-order valence-electron chi connectivity index (χ1n) is 6.85. The molecule has 0 spiro atoms. The molecule has 1 aliphatic rings. The van der Waals surface area contributed by atoms with Crippen molar-refractivity contribution in [2.24, 2.45) is 0 Å². The predicted octanol–water partition coefficient (Wildman–Crippen LogP) is 3.74. The molecule has 3 rings (SSSR count). The molecule has 0 heterocycles. The van der Waals surface area contributed by atoms with Crippen LogP contribution in [0.1, 0.15) is 27.9 Å². The van der Waals surface area contributed by atoms with Gasteiger partial charge in [-0.25, -0.2) is 0 Å². The summed E-state index contributed by atoms with van der Waals surface area (Å²) in [5.74, 6) is 0.0242. The lowest BCUT2D eigenvalue weighted by Gasteiger charge is -2.25. The van der Waals surface area contributed by atoms with E-state index in [4.69, 9.17) is 0 Å². The molecule has 20 heavy (non-hydrogen) atoms. The van der Waals surface area contributed by atoms with Crippen LogP contribution in [0.5, 0.6) is 0 Å². The smallest absolute Gasteiger partial charge is 0.251 e. The highest BCUT2D eigenvalue weighted by molar-refractivity contribution is 9.10. The SMILES string of the molecule is O=C(N[C@@H]1CCc2cc(Br)ccc2C1)c1ccccc1. The van der Waals surface area contributed by atoms with E-state index < -0.39 is 0 Å². The van der Waals surface area contributed by atoms with Crippen LogP contribution in [0.4, 0.5) is 0 Å². The molecule has 2 aromatic rings. The summed E-state index contributed by atoms with van der Waals surface area (Å²) in [6, 6.07) is 16.0. The minimum absolute atomic E-state index is 0.0242. The minimum atomic E-state index is 0.0242. The van der Waals surface area contributed by atoms with Crippen molar-refractivity contribution in [2.45, 2.75) is 25.3 Å². The van der Waals surface area contributed by atoms with Crippen LogP contribution in [-0.2, 0) is 12.8 Å². The maximum atomic E-state index is 12.2. The van der Waals surface area contributed by atoms with Crippen molar-refractivity contribution in [3.05, 3.63) is 69.7 Å². The van der Waals surface area contributed by atoms with Crippen molar-refractivity contribution in [1.82, 2.24) is 5.32 Å². The number of hydrogen-bond donors (Lipinski definition) is 1. The van der Waals surface area contributed by atoms with E-state index in [1.807, 2.05) is 30.3 Å². The molecule has 1 aliphatic carbocycles. The summed E-state index contributed by atoms with van der Waals surface area (Å²) in [5, 5.41) is 3.14. The van der Waals surface area contributed by atoms with Gasteiger partial charge >= 0.3 is 0 Å². The van der Waals surface area contributed by atoms with Crippen LogP contribution in [0.15, 0.2) is 53.0 Å². The summed E-state index contributed by atoms with van der Waals surface area (Å²) in [5.41, 5.74) is 3.47. The Morgan fingerprint density at radius 3 is 2.70 bits per heavy atom. The summed E-state index contributed by atoms with van der Waals surface area (Å²) >= 11 is 3.51. The summed E-state index contributed by atoms with van der Waals surface area (Å²) < 4.78 is 1.13. The molecule has 0 aromatic heterocycles. The fraction of sp³-hybridized carbons (Fsp3) is 0.235. The van der Waals surface area contributed by atoms with Crippen LogP contribution >= 0.6 is 15.9 Å². The molecule has 0 saturated heterocycles. The zero-order valence-electron chi connectivity index (χ0n) is 11.1. The maximum absolute atomic E-state index is 12.2. The first-order valence-corrected chi connectivity index (χ1v) is 7.65. The number of hydrogen-bond acceptors (Lipinski definition) is 1. The molecular weight excluding hydrogens is 314 g/mol.